The van der Waals surface area contributed by atoms with Gasteiger partial charge in [0.05, 0.1) is 35.3 Å². The van der Waals surface area contributed by atoms with Crippen molar-refractivity contribution in [1.82, 2.24) is 5.32 Å². The summed E-state index contributed by atoms with van der Waals surface area (Å²) < 4.78 is 17.1. The molecule has 0 fully saturated rings. The summed E-state index contributed by atoms with van der Waals surface area (Å²) in [5, 5.41) is 10.9. The van der Waals surface area contributed by atoms with Crippen molar-refractivity contribution in [3.05, 3.63) is 18.2 Å². The van der Waals surface area contributed by atoms with E-state index in [1.54, 1.807) is 18.2 Å². The number of carbonyl (C=O) groups is 1. The van der Waals surface area contributed by atoms with E-state index in [-0.39, 0.29) is 24.6 Å². The number of anilines is 1. The zero-order chi connectivity index (χ0) is 14.3. The first kappa shape index (κ1) is 15.0. The van der Waals surface area contributed by atoms with Crippen molar-refractivity contribution in [3.63, 3.8) is 0 Å². The molecule has 1 unspecified atom stereocenters. The maximum atomic E-state index is 12.0. The molecule has 1 aromatic carbocycles. The van der Waals surface area contributed by atoms with Gasteiger partial charge in [-0.15, -0.1) is 0 Å². The van der Waals surface area contributed by atoms with Crippen LogP contribution in [-0.4, -0.2) is 29.5 Å². The van der Waals surface area contributed by atoms with Crippen LogP contribution in [0.25, 0.3) is 0 Å². The monoisotopic (exact) mass is 281 g/mol. The zero-order valence-electron chi connectivity index (χ0n) is 10.5. The molecule has 0 spiro atoms. The average Bonchev–Trinajstić information content (AvgIpc) is 2.38. The number of hydrogen-bond acceptors (Lipinski definition) is 5. The van der Waals surface area contributed by atoms with E-state index in [9.17, 15) is 9.00 Å². The normalized spacial score (nSPS) is 11.4. The number of nitrogen functional groups attached to an aromatic ring is 1. The highest BCUT2D eigenvalue weighted by atomic mass is 32.2. The van der Waals surface area contributed by atoms with Gasteiger partial charge < -0.3 is 15.8 Å². The van der Waals surface area contributed by atoms with Crippen LogP contribution in [0.3, 0.4) is 0 Å². The van der Waals surface area contributed by atoms with Gasteiger partial charge >= 0.3 is 0 Å². The number of nitrogens with two attached hydrogens (primary N) is 1. The number of ether oxygens (including phenoxy) is 1. The highest BCUT2D eigenvalue weighted by molar-refractivity contribution is 7.85. The quantitative estimate of drug-likeness (QED) is 0.580. The van der Waals surface area contributed by atoms with E-state index in [0.717, 1.165) is 0 Å². The Morgan fingerprint density at radius 2 is 2.32 bits per heavy atom. The number of nitrogens with one attached hydrogen (secondary N) is 1. The van der Waals surface area contributed by atoms with Crippen molar-refractivity contribution >= 4 is 22.4 Å². The Hall–Kier alpha value is -2.07. The molecule has 0 saturated heterocycles. The fourth-order valence-corrected chi connectivity index (χ4v) is 2.46. The maximum absolute atomic E-state index is 12.0. The highest BCUT2D eigenvalue weighted by Gasteiger charge is 2.14. The second-order valence-electron chi connectivity index (χ2n) is 3.66. The van der Waals surface area contributed by atoms with Gasteiger partial charge in [0.1, 0.15) is 11.5 Å². The molecular formula is C12H15N3O3S. The molecule has 0 radical (unpaired) electrons. The van der Waals surface area contributed by atoms with E-state index in [0.29, 0.717) is 16.3 Å². The summed E-state index contributed by atoms with van der Waals surface area (Å²) in [4.78, 5) is 11.9. The van der Waals surface area contributed by atoms with E-state index in [1.807, 2.05) is 6.07 Å². The summed E-state index contributed by atoms with van der Waals surface area (Å²) in [6.45, 7) is 0.255. The third kappa shape index (κ3) is 4.60. The number of rotatable bonds is 6. The fraction of sp³-hybridized carbons (Fsp3) is 0.333. The van der Waals surface area contributed by atoms with E-state index in [1.165, 1.54) is 7.11 Å². The van der Waals surface area contributed by atoms with E-state index in [4.69, 9.17) is 15.7 Å². The molecule has 0 aliphatic rings. The predicted octanol–water partition coefficient (Wildman–Crippen LogP) is 0.415. The predicted molar refractivity (Wildman–Crippen MR) is 71.9 cm³/mol. The van der Waals surface area contributed by atoms with Gasteiger partial charge in [-0.2, -0.15) is 5.26 Å². The highest BCUT2D eigenvalue weighted by Crippen LogP contribution is 2.24. The molecule has 0 aliphatic carbocycles. The summed E-state index contributed by atoms with van der Waals surface area (Å²) in [6, 6.07) is 6.64. The lowest BCUT2D eigenvalue weighted by molar-refractivity contribution is -0.118. The Kier molecular flexibility index (Phi) is 5.82. The lowest BCUT2D eigenvalue weighted by Gasteiger charge is -2.09. The van der Waals surface area contributed by atoms with Gasteiger partial charge in [-0.3, -0.25) is 9.00 Å². The number of amides is 1. The van der Waals surface area contributed by atoms with Crippen molar-refractivity contribution in [3.8, 4) is 11.8 Å². The van der Waals surface area contributed by atoms with Crippen molar-refractivity contribution in [1.29, 1.82) is 5.26 Å². The average molecular weight is 281 g/mol. The Balaban J connectivity index is 2.68. The number of methoxy groups -OCH3 is 1. The second kappa shape index (κ2) is 7.38. The molecule has 19 heavy (non-hydrogen) atoms. The van der Waals surface area contributed by atoms with Crippen molar-refractivity contribution in [2.45, 2.75) is 11.3 Å². The van der Waals surface area contributed by atoms with E-state index < -0.39 is 10.8 Å². The number of carbonyl (C=O) groups excluding carboxylic acids is 1. The number of nitrogens with zero attached hydrogens (tertiary/aromatic N) is 1. The van der Waals surface area contributed by atoms with Gasteiger partial charge in [0.15, 0.2) is 0 Å². The largest absolute Gasteiger partial charge is 0.495 e. The van der Waals surface area contributed by atoms with Crippen LogP contribution in [0, 0.1) is 11.3 Å². The lowest BCUT2D eigenvalue weighted by atomic mass is 10.3. The van der Waals surface area contributed by atoms with Crippen LogP contribution in [0.1, 0.15) is 6.42 Å². The Labute approximate surface area is 114 Å². The van der Waals surface area contributed by atoms with E-state index >= 15 is 0 Å². The third-order valence-electron chi connectivity index (χ3n) is 2.25. The van der Waals surface area contributed by atoms with Gasteiger partial charge in [0.25, 0.3) is 0 Å². The summed E-state index contributed by atoms with van der Waals surface area (Å²) in [5.41, 5.74) is 6.09. The molecule has 102 valence electrons. The smallest absolute Gasteiger partial charge is 0.233 e. The topological polar surface area (TPSA) is 105 Å². The zero-order valence-corrected chi connectivity index (χ0v) is 11.3. The van der Waals surface area contributed by atoms with Crippen LogP contribution in [0.5, 0.6) is 5.75 Å². The third-order valence-corrected chi connectivity index (χ3v) is 3.61. The minimum Gasteiger partial charge on any atom is -0.495 e. The molecule has 1 rings (SSSR count). The molecule has 1 atom stereocenters. The van der Waals surface area contributed by atoms with Gasteiger partial charge in [-0.1, -0.05) is 0 Å². The minimum absolute atomic E-state index is 0.175. The Morgan fingerprint density at radius 1 is 1.58 bits per heavy atom. The molecule has 3 N–H and O–H groups in total. The van der Waals surface area contributed by atoms with Crippen LogP contribution in [0.2, 0.25) is 0 Å². The number of hydrogen-bond donors (Lipinski definition) is 2. The molecule has 1 amide bonds. The van der Waals surface area contributed by atoms with Crippen LogP contribution < -0.4 is 15.8 Å². The SMILES string of the molecule is COc1cc(N)ccc1S(=O)CC(=O)NCCC#N. The van der Waals surface area contributed by atoms with Crippen LogP contribution in [0.4, 0.5) is 5.69 Å². The molecule has 0 aliphatic heterocycles. The number of nitriles is 1. The van der Waals surface area contributed by atoms with Crippen LogP contribution >= 0.6 is 0 Å². The van der Waals surface area contributed by atoms with Crippen LogP contribution in [0.15, 0.2) is 23.1 Å². The summed E-state index contributed by atoms with van der Waals surface area (Å²) >= 11 is 0. The first-order valence-electron chi connectivity index (χ1n) is 5.54. The fourth-order valence-electron chi connectivity index (χ4n) is 1.38. The standard InChI is InChI=1S/C12H15N3O3S/c1-18-10-7-9(14)3-4-11(10)19(17)8-12(16)15-6-2-5-13/h3-4,7H,2,6,8,14H2,1H3,(H,15,16). The van der Waals surface area contributed by atoms with E-state index in [2.05, 4.69) is 5.32 Å². The Morgan fingerprint density at radius 3 is 2.95 bits per heavy atom. The molecule has 0 heterocycles. The van der Waals surface area contributed by atoms with Gasteiger partial charge in [0.2, 0.25) is 5.91 Å². The number of benzene rings is 1. The first-order valence-corrected chi connectivity index (χ1v) is 6.86. The summed E-state index contributed by atoms with van der Waals surface area (Å²) in [5.74, 6) is -0.151. The maximum Gasteiger partial charge on any atom is 0.233 e. The molecule has 0 saturated carbocycles. The molecular weight excluding hydrogens is 266 g/mol. The minimum atomic E-state index is -1.51. The molecule has 0 bridgehead atoms. The second-order valence-corrected chi connectivity index (χ2v) is 5.08. The summed E-state index contributed by atoms with van der Waals surface area (Å²) in [6.07, 6.45) is 0.226. The van der Waals surface area contributed by atoms with Gasteiger partial charge in [-0.25, -0.2) is 0 Å². The van der Waals surface area contributed by atoms with Gasteiger partial charge in [-0.05, 0) is 12.1 Å². The molecule has 6 nitrogen and oxygen atoms in total. The summed E-state index contributed by atoms with van der Waals surface area (Å²) in [7, 11) is -0.0672. The molecule has 0 aromatic heterocycles. The van der Waals surface area contributed by atoms with Crippen molar-refractivity contribution < 1.29 is 13.7 Å². The lowest BCUT2D eigenvalue weighted by Crippen LogP contribution is -2.29. The Bertz CT molecular complexity index is 525. The van der Waals surface area contributed by atoms with Crippen molar-refractivity contribution in [2.75, 3.05) is 25.1 Å². The molecule has 7 heteroatoms. The first-order chi connectivity index (χ1) is 9.08. The van der Waals surface area contributed by atoms with Crippen molar-refractivity contribution in [2.24, 2.45) is 0 Å². The van der Waals surface area contributed by atoms with Gasteiger partial charge in [0, 0.05) is 18.3 Å². The van der Waals surface area contributed by atoms with Crippen LogP contribution in [-0.2, 0) is 15.6 Å². The molecule has 1 aromatic rings.